The van der Waals surface area contributed by atoms with Crippen molar-refractivity contribution in [1.29, 1.82) is 0 Å². The summed E-state index contributed by atoms with van der Waals surface area (Å²) < 4.78 is 4.94. The Morgan fingerprint density at radius 1 is 1.64 bits per heavy atom. The summed E-state index contributed by atoms with van der Waals surface area (Å²) in [5, 5.41) is 11.6. The third-order valence-corrected chi connectivity index (χ3v) is 1.62. The second-order valence-corrected chi connectivity index (χ2v) is 3.18. The van der Waals surface area contributed by atoms with Crippen LogP contribution < -0.4 is 11.1 Å². The van der Waals surface area contributed by atoms with E-state index in [1.807, 2.05) is 0 Å². The average molecular weight is 204 g/mol. The van der Waals surface area contributed by atoms with Crippen molar-refractivity contribution in [1.82, 2.24) is 5.32 Å². The lowest BCUT2D eigenvalue weighted by molar-refractivity contribution is -0.125. The Labute approximate surface area is 84.6 Å². The van der Waals surface area contributed by atoms with Gasteiger partial charge in [-0.1, -0.05) is 0 Å². The molecule has 84 valence electrons. The van der Waals surface area contributed by atoms with Gasteiger partial charge in [0.05, 0.1) is 12.7 Å². The van der Waals surface area contributed by atoms with Crippen molar-refractivity contribution in [2.24, 2.45) is 5.73 Å². The molecule has 1 amide bonds. The van der Waals surface area contributed by atoms with Crippen LogP contribution in [-0.4, -0.2) is 43.4 Å². The molecule has 4 N–H and O–H groups in total. The van der Waals surface area contributed by atoms with Crippen LogP contribution in [0.5, 0.6) is 0 Å². The van der Waals surface area contributed by atoms with Gasteiger partial charge >= 0.3 is 0 Å². The first kappa shape index (κ1) is 13.4. The number of aliphatic hydroxyl groups excluding tert-OH is 1. The molecule has 0 bridgehead atoms. The number of nitrogens with two attached hydrogens (primary N) is 1. The molecule has 0 rings (SSSR count). The van der Waals surface area contributed by atoms with Crippen LogP contribution in [0, 0.1) is 0 Å². The van der Waals surface area contributed by atoms with Gasteiger partial charge in [0.15, 0.2) is 0 Å². The fourth-order valence-electron chi connectivity index (χ4n) is 0.925. The van der Waals surface area contributed by atoms with Crippen molar-refractivity contribution in [2.45, 2.75) is 25.9 Å². The maximum atomic E-state index is 11.0. The number of nitrogens with one attached hydrogen (secondary N) is 1. The summed E-state index contributed by atoms with van der Waals surface area (Å²) in [6.07, 6.45) is 1.17. The van der Waals surface area contributed by atoms with Gasteiger partial charge in [-0.05, 0) is 19.8 Å². The second-order valence-electron chi connectivity index (χ2n) is 3.18. The zero-order chi connectivity index (χ0) is 10.8. The van der Waals surface area contributed by atoms with Crippen LogP contribution in [0.25, 0.3) is 0 Å². The van der Waals surface area contributed by atoms with Gasteiger partial charge < -0.3 is 20.9 Å². The highest BCUT2D eigenvalue weighted by Crippen LogP contribution is 1.93. The molecule has 1 unspecified atom stereocenters. The largest absolute Gasteiger partial charge is 0.393 e. The molecular weight excluding hydrogens is 184 g/mol. The zero-order valence-electron chi connectivity index (χ0n) is 8.66. The number of hydrogen-bond acceptors (Lipinski definition) is 4. The molecule has 0 aliphatic heterocycles. The van der Waals surface area contributed by atoms with Gasteiger partial charge in [-0.3, -0.25) is 4.79 Å². The highest BCUT2D eigenvalue weighted by molar-refractivity contribution is 5.77. The van der Waals surface area contributed by atoms with E-state index in [1.54, 1.807) is 6.92 Å². The van der Waals surface area contributed by atoms with Crippen molar-refractivity contribution < 1.29 is 14.6 Å². The summed E-state index contributed by atoms with van der Waals surface area (Å²) in [4.78, 5) is 11.0. The number of rotatable bonds is 8. The van der Waals surface area contributed by atoms with Crippen LogP contribution in [0.15, 0.2) is 0 Å². The summed E-state index contributed by atoms with van der Waals surface area (Å²) in [5.74, 6) is -0.135. The molecule has 0 heterocycles. The Bertz CT molecular complexity index is 151. The number of hydrogen-bond donors (Lipinski definition) is 3. The Balaban J connectivity index is 3.18. The van der Waals surface area contributed by atoms with Gasteiger partial charge in [-0.25, -0.2) is 0 Å². The van der Waals surface area contributed by atoms with Gasteiger partial charge in [0.25, 0.3) is 0 Å². The molecule has 0 fully saturated rings. The Kier molecular flexibility index (Phi) is 8.51. The molecule has 14 heavy (non-hydrogen) atoms. The van der Waals surface area contributed by atoms with Gasteiger partial charge in [0.2, 0.25) is 5.91 Å². The van der Waals surface area contributed by atoms with Crippen LogP contribution >= 0.6 is 0 Å². The summed E-state index contributed by atoms with van der Waals surface area (Å²) in [6, 6.07) is 0. The minimum Gasteiger partial charge on any atom is -0.393 e. The highest BCUT2D eigenvalue weighted by atomic mass is 16.5. The fraction of sp³-hybridized carbons (Fsp3) is 0.889. The molecular formula is C9H20N2O3. The maximum absolute atomic E-state index is 11.0. The molecule has 0 aromatic carbocycles. The topological polar surface area (TPSA) is 84.6 Å². The van der Waals surface area contributed by atoms with Gasteiger partial charge in [0.1, 0.15) is 6.61 Å². The van der Waals surface area contributed by atoms with Crippen LogP contribution in [0.3, 0.4) is 0 Å². The van der Waals surface area contributed by atoms with E-state index in [9.17, 15) is 4.79 Å². The first-order valence-electron chi connectivity index (χ1n) is 4.89. The minimum absolute atomic E-state index is 0.0614. The minimum atomic E-state index is -0.305. The molecule has 0 saturated heterocycles. The molecule has 0 aromatic heterocycles. The number of aliphatic hydroxyl groups is 1. The van der Waals surface area contributed by atoms with Gasteiger partial charge in [-0.15, -0.1) is 0 Å². The number of carbonyl (C=O) groups is 1. The van der Waals surface area contributed by atoms with Crippen LogP contribution in [-0.2, 0) is 9.53 Å². The molecule has 0 spiro atoms. The Morgan fingerprint density at radius 3 is 2.93 bits per heavy atom. The second kappa shape index (κ2) is 8.93. The number of ether oxygens (including phenoxy) is 1. The number of carbonyl (C=O) groups excluding carboxylic acids is 1. The quantitative estimate of drug-likeness (QED) is 0.454. The molecule has 1 atom stereocenters. The Morgan fingerprint density at radius 2 is 2.36 bits per heavy atom. The third-order valence-electron chi connectivity index (χ3n) is 1.62. The first-order chi connectivity index (χ1) is 6.66. The predicted molar refractivity (Wildman–Crippen MR) is 53.8 cm³/mol. The van der Waals surface area contributed by atoms with Crippen molar-refractivity contribution >= 4 is 5.91 Å². The molecule has 0 aliphatic carbocycles. The average Bonchev–Trinajstić information content (AvgIpc) is 2.13. The van der Waals surface area contributed by atoms with Crippen LogP contribution in [0.4, 0.5) is 0 Å². The van der Waals surface area contributed by atoms with E-state index in [0.29, 0.717) is 26.1 Å². The smallest absolute Gasteiger partial charge is 0.245 e. The van der Waals surface area contributed by atoms with E-state index in [1.165, 1.54) is 0 Å². The van der Waals surface area contributed by atoms with E-state index >= 15 is 0 Å². The van der Waals surface area contributed by atoms with E-state index in [0.717, 1.165) is 6.42 Å². The predicted octanol–water partition coefficient (Wildman–Crippen LogP) is -0.761. The summed E-state index contributed by atoms with van der Waals surface area (Å²) in [6.45, 7) is 3.20. The maximum Gasteiger partial charge on any atom is 0.245 e. The van der Waals surface area contributed by atoms with E-state index in [4.69, 9.17) is 15.6 Å². The summed E-state index contributed by atoms with van der Waals surface area (Å²) in [5.41, 5.74) is 5.19. The lowest BCUT2D eigenvalue weighted by Gasteiger charge is -2.06. The van der Waals surface area contributed by atoms with E-state index in [2.05, 4.69) is 5.32 Å². The summed E-state index contributed by atoms with van der Waals surface area (Å²) >= 11 is 0. The van der Waals surface area contributed by atoms with Crippen molar-refractivity contribution in [3.05, 3.63) is 0 Å². The Hall–Kier alpha value is -0.650. The monoisotopic (exact) mass is 204 g/mol. The molecule has 5 heteroatoms. The van der Waals surface area contributed by atoms with Crippen molar-refractivity contribution in [2.75, 3.05) is 26.3 Å². The van der Waals surface area contributed by atoms with Crippen molar-refractivity contribution in [3.63, 3.8) is 0 Å². The standard InChI is InChI=1S/C9H20N2O3/c1-8(12)3-2-5-11-9(13)7-14-6-4-10/h8,12H,2-7,10H2,1H3,(H,11,13). The van der Waals surface area contributed by atoms with Crippen LogP contribution in [0.2, 0.25) is 0 Å². The fourth-order valence-corrected chi connectivity index (χ4v) is 0.925. The van der Waals surface area contributed by atoms with E-state index in [-0.39, 0.29) is 18.6 Å². The normalized spacial score (nSPS) is 12.5. The lowest BCUT2D eigenvalue weighted by atomic mass is 10.2. The van der Waals surface area contributed by atoms with Gasteiger partial charge in [-0.2, -0.15) is 0 Å². The molecule has 0 radical (unpaired) electrons. The molecule has 0 saturated carbocycles. The molecule has 0 aromatic rings. The molecule has 5 nitrogen and oxygen atoms in total. The van der Waals surface area contributed by atoms with Crippen molar-refractivity contribution in [3.8, 4) is 0 Å². The van der Waals surface area contributed by atoms with E-state index < -0.39 is 0 Å². The molecule has 0 aliphatic rings. The highest BCUT2D eigenvalue weighted by Gasteiger charge is 2.00. The van der Waals surface area contributed by atoms with Crippen LogP contribution in [0.1, 0.15) is 19.8 Å². The lowest BCUT2D eigenvalue weighted by Crippen LogP contribution is -2.29. The summed E-state index contributed by atoms with van der Waals surface area (Å²) in [7, 11) is 0. The third kappa shape index (κ3) is 9.44. The number of amides is 1. The van der Waals surface area contributed by atoms with Gasteiger partial charge in [0, 0.05) is 13.1 Å². The first-order valence-corrected chi connectivity index (χ1v) is 4.89. The zero-order valence-corrected chi connectivity index (χ0v) is 8.66. The SMILES string of the molecule is CC(O)CCCNC(=O)COCCN.